The molecule has 0 saturated carbocycles. The first-order valence-electron chi connectivity index (χ1n) is 11.3. The summed E-state index contributed by atoms with van der Waals surface area (Å²) in [6, 6.07) is 12.6. The fourth-order valence-electron chi connectivity index (χ4n) is 3.74. The van der Waals surface area contributed by atoms with E-state index in [1.165, 1.54) is 11.1 Å². The average Bonchev–Trinajstić information content (AvgIpc) is 3.00. The third-order valence-corrected chi connectivity index (χ3v) is 11.2. The van der Waals surface area contributed by atoms with Gasteiger partial charge in [0.1, 0.15) is 23.4 Å². The molecule has 1 heterocycles. The molecular formula is C26H38O4Si. The van der Waals surface area contributed by atoms with E-state index in [4.69, 9.17) is 13.9 Å². The highest BCUT2D eigenvalue weighted by molar-refractivity contribution is 6.74. The summed E-state index contributed by atoms with van der Waals surface area (Å²) in [7, 11) is -0.287. The van der Waals surface area contributed by atoms with Gasteiger partial charge in [0.2, 0.25) is 8.32 Å². The zero-order valence-corrected chi connectivity index (χ0v) is 21.1. The molecule has 2 atom stereocenters. The summed E-state index contributed by atoms with van der Waals surface area (Å²) >= 11 is 0. The van der Waals surface area contributed by atoms with Crippen LogP contribution in [0.3, 0.4) is 0 Å². The quantitative estimate of drug-likeness (QED) is 0.501. The molecule has 0 bridgehead atoms. The molecule has 0 saturated heterocycles. The molecule has 0 radical (unpaired) electrons. The van der Waals surface area contributed by atoms with E-state index < -0.39 is 8.32 Å². The number of hydrogen-bond acceptors (Lipinski definition) is 4. The number of aryl methyl sites for hydroxylation is 1. The molecule has 4 nitrogen and oxygen atoms in total. The van der Waals surface area contributed by atoms with Crippen LogP contribution in [0, 0.1) is 0 Å². The van der Waals surface area contributed by atoms with Crippen molar-refractivity contribution in [2.24, 2.45) is 0 Å². The van der Waals surface area contributed by atoms with Gasteiger partial charge in [0, 0.05) is 24.5 Å². The summed E-state index contributed by atoms with van der Waals surface area (Å²) in [6.45, 7) is 13.8. The van der Waals surface area contributed by atoms with E-state index in [1.807, 2.05) is 12.1 Å². The van der Waals surface area contributed by atoms with Gasteiger partial charge in [-0.15, -0.1) is 0 Å². The summed E-state index contributed by atoms with van der Waals surface area (Å²) in [5.41, 5.74) is 3.60. The standard InChI is InChI=1S/C26H38O4Si/c1-18-22-17-24(30-31(6,7)26(2,3)4)20(9-8-14-27)16-25(22)29-23(18)15-19-10-12-21(28-5)13-11-19/h10-13,16-18,23,27H,8-9,14-15H2,1-7H3. The predicted octanol–water partition coefficient (Wildman–Crippen LogP) is 6.11. The Labute approximate surface area is 188 Å². The number of aliphatic hydroxyl groups excluding tert-OH is 1. The molecule has 0 aromatic heterocycles. The maximum absolute atomic E-state index is 9.39. The van der Waals surface area contributed by atoms with E-state index >= 15 is 0 Å². The van der Waals surface area contributed by atoms with Gasteiger partial charge in [-0.2, -0.15) is 0 Å². The van der Waals surface area contributed by atoms with Crippen LogP contribution < -0.4 is 13.9 Å². The lowest BCUT2D eigenvalue weighted by molar-refractivity contribution is 0.211. The van der Waals surface area contributed by atoms with Gasteiger partial charge in [0.05, 0.1) is 7.11 Å². The normalized spacial score (nSPS) is 18.5. The smallest absolute Gasteiger partial charge is 0.250 e. The lowest BCUT2D eigenvalue weighted by Crippen LogP contribution is -2.44. The van der Waals surface area contributed by atoms with Crippen molar-refractivity contribution < 1.29 is 19.0 Å². The van der Waals surface area contributed by atoms with Crippen molar-refractivity contribution >= 4 is 8.32 Å². The molecule has 5 heteroatoms. The van der Waals surface area contributed by atoms with E-state index in [1.54, 1.807) is 7.11 Å². The average molecular weight is 443 g/mol. The highest BCUT2D eigenvalue weighted by Gasteiger charge is 2.40. The van der Waals surface area contributed by atoms with E-state index in [-0.39, 0.29) is 23.7 Å². The maximum atomic E-state index is 9.39. The highest BCUT2D eigenvalue weighted by Crippen LogP contribution is 2.45. The Balaban J connectivity index is 1.87. The van der Waals surface area contributed by atoms with Crippen LogP contribution in [0.25, 0.3) is 0 Å². The zero-order chi connectivity index (χ0) is 22.8. The summed E-state index contributed by atoms with van der Waals surface area (Å²) in [5, 5.41) is 9.51. The van der Waals surface area contributed by atoms with Crippen molar-refractivity contribution in [2.75, 3.05) is 13.7 Å². The fourth-order valence-corrected chi connectivity index (χ4v) is 4.79. The second kappa shape index (κ2) is 9.25. The number of methoxy groups -OCH3 is 1. The second-order valence-corrected chi connectivity index (χ2v) is 14.9. The Bertz CT molecular complexity index is 884. The molecule has 1 aliphatic heterocycles. The molecule has 0 amide bonds. The summed E-state index contributed by atoms with van der Waals surface area (Å²) < 4.78 is 18.4. The third kappa shape index (κ3) is 5.26. The largest absolute Gasteiger partial charge is 0.543 e. The SMILES string of the molecule is COc1ccc(CC2Oc3cc(CCCO)c(O[Si](C)(C)C(C)(C)C)cc3C2C)cc1. The lowest BCUT2D eigenvalue weighted by atomic mass is 9.92. The number of aliphatic hydroxyl groups is 1. The number of benzene rings is 2. The Morgan fingerprint density at radius 2 is 1.77 bits per heavy atom. The van der Waals surface area contributed by atoms with Crippen molar-refractivity contribution in [3.8, 4) is 17.2 Å². The number of rotatable bonds is 8. The van der Waals surface area contributed by atoms with E-state index in [0.717, 1.165) is 42.1 Å². The minimum Gasteiger partial charge on any atom is -0.543 e. The molecule has 2 aromatic rings. The molecule has 0 fully saturated rings. The van der Waals surface area contributed by atoms with Gasteiger partial charge in [0.15, 0.2) is 0 Å². The molecule has 2 aromatic carbocycles. The second-order valence-electron chi connectivity index (χ2n) is 10.2. The number of fused-ring (bicyclic) bond motifs is 1. The third-order valence-electron chi connectivity index (χ3n) is 6.89. The van der Waals surface area contributed by atoms with Crippen LogP contribution >= 0.6 is 0 Å². The molecule has 1 N–H and O–H groups in total. The van der Waals surface area contributed by atoms with Crippen LogP contribution in [0.2, 0.25) is 18.1 Å². The number of hydrogen-bond donors (Lipinski definition) is 1. The van der Waals surface area contributed by atoms with Crippen molar-refractivity contribution in [3.05, 3.63) is 53.1 Å². The Kier molecular flexibility index (Phi) is 7.07. The molecule has 170 valence electrons. The Hall–Kier alpha value is -1.98. The predicted molar refractivity (Wildman–Crippen MR) is 129 cm³/mol. The lowest BCUT2D eigenvalue weighted by Gasteiger charge is -2.37. The van der Waals surface area contributed by atoms with Crippen LogP contribution in [0.15, 0.2) is 36.4 Å². The van der Waals surface area contributed by atoms with Gasteiger partial charge in [-0.05, 0) is 66.4 Å². The molecule has 0 spiro atoms. The Morgan fingerprint density at radius 1 is 1.10 bits per heavy atom. The van der Waals surface area contributed by atoms with E-state index in [9.17, 15) is 5.11 Å². The first-order valence-corrected chi connectivity index (χ1v) is 14.2. The van der Waals surface area contributed by atoms with Crippen LogP contribution in [0.1, 0.15) is 56.7 Å². The first-order chi connectivity index (χ1) is 14.6. The van der Waals surface area contributed by atoms with E-state index in [0.29, 0.717) is 0 Å². The molecule has 2 unspecified atom stereocenters. The van der Waals surface area contributed by atoms with Gasteiger partial charge in [-0.1, -0.05) is 39.8 Å². The minimum atomic E-state index is -1.97. The maximum Gasteiger partial charge on any atom is 0.250 e. The highest BCUT2D eigenvalue weighted by atomic mass is 28.4. The van der Waals surface area contributed by atoms with Crippen molar-refractivity contribution in [3.63, 3.8) is 0 Å². The van der Waals surface area contributed by atoms with Crippen LogP contribution in [-0.2, 0) is 12.8 Å². The Morgan fingerprint density at radius 3 is 2.35 bits per heavy atom. The van der Waals surface area contributed by atoms with Crippen molar-refractivity contribution in [1.29, 1.82) is 0 Å². The monoisotopic (exact) mass is 442 g/mol. The van der Waals surface area contributed by atoms with Crippen LogP contribution in [0.4, 0.5) is 0 Å². The van der Waals surface area contributed by atoms with Gasteiger partial charge >= 0.3 is 0 Å². The fraction of sp³-hybridized carbons (Fsp3) is 0.538. The summed E-state index contributed by atoms with van der Waals surface area (Å²) in [4.78, 5) is 0. The number of ether oxygens (including phenoxy) is 2. The molecular weight excluding hydrogens is 404 g/mol. The van der Waals surface area contributed by atoms with Gasteiger partial charge in [-0.25, -0.2) is 0 Å². The van der Waals surface area contributed by atoms with Gasteiger partial charge in [-0.3, -0.25) is 0 Å². The summed E-state index contributed by atoms with van der Waals surface area (Å²) in [6.07, 6.45) is 2.45. The molecule has 1 aliphatic rings. The van der Waals surface area contributed by atoms with Crippen LogP contribution in [0.5, 0.6) is 17.2 Å². The minimum absolute atomic E-state index is 0.0946. The topological polar surface area (TPSA) is 47.9 Å². The molecule has 0 aliphatic carbocycles. The van der Waals surface area contributed by atoms with E-state index in [2.05, 4.69) is 65.1 Å². The van der Waals surface area contributed by atoms with Crippen LogP contribution in [-0.4, -0.2) is 33.2 Å². The van der Waals surface area contributed by atoms with Crippen molar-refractivity contribution in [1.82, 2.24) is 0 Å². The van der Waals surface area contributed by atoms with Gasteiger partial charge in [0.25, 0.3) is 0 Å². The molecule has 3 rings (SSSR count). The zero-order valence-electron chi connectivity index (χ0n) is 20.1. The molecule has 31 heavy (non-hydrogen) atoms. The van der Waals surface area contributed by atoms with Gasteiger partial charge < -0.3 is 19.0 Å². The first kappa shape index (κ1) is 23.7. The van der Waals surface area contributed by atoms with Crippen molar-refractivity contribution in [2.45, 2.75) is 77.1 Å². The summed E-state index contributed by atoms with van der Waals surface area (Å²) in [5.74, 6) is 3.08.